The SMILES string of the molecule is CCc1ccc(O)c2c1C[C@@]1(C)C[C@@]3(C)[C@H](C(C)C)C(C)=C(C(C)=O)C(=O)[C@@]3(O)C(=O)C1=C2O. The van der Waals surface area contributed by atoms with Crippen LogP contribution in [-0.2, 0) is 27.2 Å². The van der Waals surface area contributed by atoms with Gasteiger partial charge in [0, 0.05) is 16.4 Å². The second-order valence-electron chi connectivity index (χ2n) is 11.2. The predicted molar refractivity (Wildman–Crippen MR) is 128 cm³/mol. The normalized spacial score (nSPS) is 33.1. The number of hydrogen-bond acceptors (Lipinski definition) is 6. The van der Waals surface area contributed by atoms with E-state index < -0.39 is 39.7 Å². The Morgan fingerprint density at radius 3 is 2.29 bits per heavy atom. The van der Waals surface area contributed by atoms with Crippen LogP contribution < -0.4 is 0 Å². The molecule has 0 saturated heterocycles. The molecule has 1 aromatic rings. The molecule has 34 heavy (non-hydrogen) atoms. The van der Waals surface area contributed by atoms with E-state index in [9.17, 15) is 29.7 Å². The Morgan fingerprint density at radius 1 is 1.15 bits per heavy atom. The molecule has 0 aliphatic heterocycles. The van der Waals surface area contributed by atoms with Crippen molar-refractivity contribution in [1.29, 1.82) is 0 Å². The van der Waals surface area contributed by atoms with E-state index in [-0.39, 0.29) is 40.6 Å². The molecule has 1 saturated carbocycles. The standard InChI is InChI=1S/C28H34O6/c1-8-16-9-10-18(30)20-17(16)11-26(6)12-27(7)21(13(2)3)14(4)19(15(5)29)24(32)28(27,34)25(33)22(26)23(20)31/h9-10,13,21,30-31,34H,8,11-12H2,1-7H3/t21-,26+,27+,28-/m1/s1. The number of aliphatic hydroxyl groups excluding tert-OH is 1. The topological polar surface area (TPSA) is 112 Å². The number of hydrogen-bond donors (Lipinski definition) is 3. The van der Waals surface area contributed by atoms with Gasteiger partial charge >= 0.3 is 0 Å². The van der Waals surface area contributed by atoms with Crippen molar-refractivity contribution in [3.8, 4) is 5.75 Å². The monoisotopic (exact) mass is 466 g/mol. The summed E-state index contributed by atoms with van der Waals surface area (Å²) >= 11 is 0. The summed E-state index contributed by atoms with van der Waals surface area (Å²) in [5.74, 6) is -3.22. The van der Waals surface area contributed by atoms with Gasteiger partial charge in [0.25, 0.3) is 0 Å². The summed E-state index contributed by atoms with van der Waals surface area (Å²) in [7, 11) is 0. The highest BCUT2D eigenvalue weighted by Crippen LogP contribution is 2.65. The van der Waals surface area contributed by atoms with Gasteiger partial charge in [-0.2, -0.15) is 0 Å². The Hall–Kier alpha value is -2.73. The van der Waals surface area contributed by atoms with E-state index in [0.29, 0.717) is 18.4 Å². The van der Waals surface area contributed by atoms with Crippen LogP contribution in [0.5, 0.6) is 5.75 Å². The maximum absolute atomic E-state index is 14.2. The third-order valence-electron chi connectivity index (χ3n) is 8.67. The lowest BCUT2D eigenvalue weighted by atomic mass is 9.42. The van der Waals surface area contributed by atoms with E-state index in [0.717, 1.165) is 11.1 Å². The van der Waals surface area contributed by atoms with E-state index >= 15 is 0 Å². The summed E-state index contributed by atoms with van der Waals surface area (Å²) in [6.45, 7) is 12.6. The highest BCUT2D eigenvalue weighted by atomic mass is 16.3. The largest absolute Gasteiger partial charge is 0.507 e. The first-order valence-electron chi connectivity index (χ1n) is 12.0. The first-order valence-corrected chi connectivity index (χ1v) is 12.0. The van der Waals surface area contributed by atoms with Crippen molar-refractivity contribution < 1.29 is 29.7 Å². The Morgan fingerprint density at radius 2 is 1.76 bits per heavy atom. The lowest BCUT2D eigenvalue weighted by molar-refractivity contribution is -0.180. The number of ketones is 3. The summed E-state index contributed by atoms with van der Waals surface area (Å²) in [4.78, 5) is 40.4. The second-order valence-corrected chi connectivity index (χ2v) is 11.2. The summed E-state index contributed by atoms with van der Waals surface area (Å²) < 4.78 is 0. The van der Waals surface area contributed by atoms with Gasteiger partial charge in [-0.15, -0.1) is 0 Å². The molecule has 6 heteroatoms. The van der Waals surface area contributed by atoms with Crippen molar-refractivity contribution in [1.82, 2.24) is 0 Å². The number of aliphatic hydroxyl groups is 2. The van der Waals surface area contributed by atoms with Gasteiger partial charge in [-0.3, -0.25) is 14.4 Å². The van der Waals surface area contributed by atoms with Gasteiger partial charge in [-0.1, -0.05) is 46.3 Å². The minimum absolute atomic E-state index is 0.0400. The van der Waals surface area contributed by atoms with E-state index in [4.69, 9.17) is 0 Å². The Bertz CT molecular complexity index is 1220. The van der Waals surface area contributed by atoms with Crippen LogP contribution in [0.1, 0.15) is 71.6 Å². The van der Waals surface area contributed by atoms with Crippen LogP contribution in [0.15, 0.2) is 28.9 Å². The first-order chi connectivity index (χ1) is 15.7. The van der Waals surface area contributed by atoms with Crippen LogP contribution in [0.3, 0.4) is 0 Å². The van der Waals surface area contributed by atoms with Crippen LogP contribution in [-0.4, -0.2) is 38.3 Å². The second kappa shape index (κ2) is 7.38. The van der Waals surface area contributed by atoms with Crippen LogP contribution >= 0.6 is 0 Å². The lowest BCUT2D eigenvalue weighted by Crippen LogP contribution is -2.70. The molecule has 0 heterocycles. The zero-order valence-corrected chi connectivity index (χ0v) is 21.0. The molecule has 0 aromatic heterocycles. The van der Waals surface area contributed by atoms with Crippen molar-refractivity contribution in [3.05, 3.63) is 45.5 Å². The van der Waals surface area contributed by atoms with Gasteiger partial charge in [0.15, 0.2) is 11.4 Å². The van der Waals surface area contributed by atoms with Crippen molar-refractivity contribution in [2.45, 2.75) is 73.3 Å². The molecule has 0 spiro atoms. The molecular formula is C28H34O6. The average molecular weight is 467 g/mol. The van der Waals surface area contributed by atoms with Gasteiger partial charge in [0.1, 0.15) is 11.5 Å². The maximum atomic E-state index is 14.2. The number of fused-ring (bicyclic) bond motifs is 3. The van der Waals surface area contributed by atoms with Crippen LogP contribution in [0.2, 0.25) is 0 Å². The van der Waals surface area contributed by atoms with Gasteiger partial charge < -0.3 is 15.3 Å². The fourth-order valence-corrected chi connectivity index (χ4v) is 7.64. The third kappa shape index (κ3) is 2.75. The summed E-state index contributed by atoms with van der Waals surface area (Å²) in [5, 5.41) is 34.0. The minimum Gasteiger partial charge on any atom is -0.507 e. The first kappa shape index (κ1) is 24.4. The number of Topliss-reactive ketones (excluding diaryl/α,β-unsaturated/α-hetero) is 3. The smallest absolute Gasteiger partial charge is 0.206 e. The molecule has 6 nitrogen and oxygen atoms in total. The van der Waals surface area contributed by atoms with Gasteiger partial charge in [0.2, 0.25) is 11.6 Å². The number of aromatic hydroxyl groups is 1. The molecule has 4 atom stereocenters. The Kier molecular flexibility index (Phi) is 5.30. The van der Waals surface area contributed by atoms with E-state index in [1.165, 1.54) is 13.0 Å². The van der Waals surface area contributed by atoms with Crippen LogP contribution in [0.25, 0.3) is 5.76 Å². The highest BCUT2D eigenvalue weighted by molar-refractivity contribution is 6.33. The van der Waals surface area contributed by atoms with Gasteiger partial charge in [-0.25, -0.2) is 0 Å². The molecule has 0 unspecified atom stereocenters. The van der Waals surface area contributed by atoms with E-state index in [2.05, 4.69) is 0 Å². The molecule has 0 bridgehead atoms. The zero-order valence-electron chi connectivity index (χ0n) is 21.0. The van der Waals surface area contributed by atoms with Crippen molar-refractivity contribution in [3.63, 3.8) is 0 Å². The molecular weight excluding hydrogens is 432 g/mol. The molecule has 3 aliphatic carbocycles. The molecule has 0 radical (unpaired) electrons. The summed E-state index contributed by atoms with van der Waals surface area (Å²) in [6, 6.07) is 3.31. The predicted octanol–water partition coefficient (Wildman–Crippen LogP) is 4.26. The maximum Gasteiger partial charge on any atom is 0.206 e. The molecule has 182 valence electrons. The summed E-state index contributed by atoms with van der Waals surface area (Å²) in [5.41, 5.74) is -2.15. The quantitative estimate of drug-likeness (QED) is 0.453. The number of benzene rings is 1. The Balaban J connectivity index is 2.08. The van der Waals surface area contributed by atoms with E-state index in [1.807, 2.05) is 33.8 Å². The van der Waals surface area contributed by atoms with Gasteiger partial charge in [0.05, 0.1) is 11.1 Å². The molecule has 1 fully saturated rings. The number of allylic oxidation sites excluding steroid dienone is 1. The summed E-state index contributed by atoms with van der Waals surface area (Å²) in [6.07, 6.45) is 1.34. The van der Waals surface area contributed by atoms with Crippen molar-refractivity contribution >= 4 is 23.1 Å². The number of phenols is 1. The number of carbonyl (C=O) groups excluding carboxylic acids is 3. The van der Waals surface area contributed by atoms with Crippen molar-refractivity contribution in [2.75, 3.05) is 0 Å². The van der Waals surface area contributed by atoms with Crippen molar-refractivity contribution in [2.24, 2.45) is 22.7 Å². The third-order valence-corrected chi connectivity index (χ3v) is 8.67. The fraction of sp³-hybridized carbons (Fsp3) is 0.536. The number of rotatable bonds is 3. The minimum atomic E-state index is -2.49. The Labute approximate surface area is 200 Å². The van der Waals surface area contributed by atoms with E-state index in [1.54, 1.807) is 13.8 Å². The van der Waals surface area contributed by atoms with Crippen LogP contribution in [0.4, 0.5) is 0 Å². The number of aryl methyl sites for hydroxylation is 1. The number of phenolic OH excluding ortho intramolecular Hbond substituents is 1. The highest BCUT2D eigenvalue weighted by Gasteiger charge is 2.71. The number of carbonyl (C=O) groups is 3. The molecule has 3 N–H and O–H groups in total. The molecule has 0 amide bonds. The molecule has 4 rings (SSSR count). The van der Waals surface area contributed by atoms with Crippen LogP contribution in [0, 0.1) is 22.7 Å². The zero-order chi connectivity index (χ0) is 25.5. The molecule has 3 aliphatic rings. The lowest BCUT2D eigenvalue weighted by Gasteiger charge is -2.60. The fourth-order valence-electron chi connectivity index (χ4n) is 7.64. The average Bonchev–Trinajstić information content (AvgIpc) is 2.70. The van der Waals surface area contributed by atoms with Gasteiger partial charge in [-0.05, 0) is 62.1 Å². The molecule has 1 aromatic carbocycles.